The number of hydrogen-bond acceptors (Lipinski definition) is 2. The van der Waals surface area contributed by atoms with E-state index in [9.17, 15) is 4.79 Å². The maximum absolute atomic E-state index is 12.6. The van der Waals surface area contributed by atoms with E-state index in [1.54, 1.807) is 0 Å². The Morgan fingerprint density at radius 2 is 1.81 bits per heavy atom. The minimum Gasteiger partial charge on any atom is -0.339 e. The van der Waals surface area contributed by atoms with Gasteiger partial charge in [0, 0.05) is 35.9 Å². The number of carbonyl (C=O) groups is 1. The van der Waals surface area contributed by atoms with Gasteiger partial charge in [-0.3, -0.25) is 4.79 Å². The lowest BCUT2D eigenvalue weighted by Gasteiger charge is -2.15. The molecule has 0 bridgehead atoms. The summed E-state index contributed by atoms with van der Waals surface area (Å²) >= 11 is 0. The zero-order chi connectivity index (χ0) is 18.1. The Kier molecular flexibility index (Phi) is 4.51. The molecule has 1 aliphatic heterocycles. The molecule has 1 amide bonds. The molecule has 1 fully saturated rings. The first-order valence-electron chi connectivity index (χ1n) is 9.38. The van der Waals surface area contributed by atoms with E-state index in [-0.39, 0.29) is 5.91 Å². The Hall–Kier alpha value is -2.59. The fourth-order valence-corrected chi connectivity index (χ4v) is 3.70. The summed E-state index contributed by atoms with van der Waals surface area (Å²) in [7, 11) is 0. The second-order valence-corrected chi connectivity index (χ2v) is 7.19. The van der Waals surface area contributed by atoms with Crippen LogP contribution in [-0.2, 0) is 0 Å². The molecule has 134 valence electrons. The second-order valence-electron chi connectivity index (χ2n) is 7.19. The second kappa shape index (κ2) is 6.96. The summed E-state index contributed by atoms with van der Waals surface area (Å²) < 4.78 is 2.16. The molecule has 4 heteroatoms. The van der Waals surface area contributed by atoms with Crippen LogP contribution in [0.5, 0.6) is 0 Å². The normalized spacial score (nSPS) is 15.5. The lowest BCUT2D eigenvalue weighted by atomic mass is 10.0. The highest BCUT2D eigenvalue weighted by Crippen LogP contribution is 2.24. The molecular weight excluding hydrogens is 322 g/mol. The first kappa shape index (κ1) is 16.9. The Morgan fingerprint density at radius 1 is 1.08 bits per heavy atom. The number of benzene rings is 2. The van der Waals surface area contributed by atoms with Gasteiger partial charge in [0.25, 0.3) is 5.91 Å². The van der Waals surface area contributed by atoms with E-state index in [1.165, 1.54) is 5.56 Å². The van der Waals surface area contributed by atoms with Crippen molar-refractivity contribution in [2.45, 2.75) is 25.7 Å². The van der Waals surface area contributed by atoms with Gasteiger partial charge in [-0.15, -0.1) is 0 Å². The largest absolute Gasteiger partial charge is 0.339 e. The van der Waals surface area contributed by atoms with Crippen LogP contribution in [0, 0.1) is 0 Å². The van der Waals surface area contributed by atoms with Gasteiger partial charge in [-0.2, -0.15) is 0 Å². The number of fused-ring (bicyclic) bond motifs is 1. The first-order valence-corrected chi connectivity index (χ1v) is 9.38. The number of nitrogens with zero attached hydrogens (tertiary/aromatic N) is 2. The number of rotatable bonds is 4. The van der Waals surface area contributed by atoms with Crippen LogP contribution in [0.25, 0.3) is 16.6 Å². The molecule has 4 nitrogen and oxygen atoms in total. The van der Waals surface area contributed by atoms with Gasteiger partial charge in [0.1, 0.15) is 0 Å². The maximum atomic E-state index is 12.6. The molecule has 2 aromatic carbocycles. The summed E-state index contributed by atoms with van der Waals surface area (Å²) in [6.45, 7) is 4.55. The SMILES string of the molecule is CC(CN)c1ccc(-n2ccc3cc(C(=O)N4CCCC4)ccc32)cc1. The molecule has 1 atom stereocenters. The Balaban J connectivity index is 1.64. The van der Waals surface area contributed by atoms with Crippen molar-refractivity contribution in [3.8, 4) is 5.69 Å². The molecule has 0 saturated carbocycles. The van der Waals surface area contributed by atoms with Crippen LogP contribution in [0.2, 0.25) is 0 Å². The van der Waals surface area contributed by atoms with Crippen molar-refractivity contribution in [1.29, 1.82) is 0 Å². The third kappa shape index (κ3) is 3.01. The number of likely N-dealkylation sites (tertiary alicyclic amines) is 1. The van der Waals surface area contributed by atoms with E-state index < -0.39 is 0 Å². The number of carbonyl (C=O) groups excluding carboxylic acids is 1. The van der Waals surface area contributed by atoms with Crippen molar-refractivity contribution < 1.29 is 4.79 Å². The average molecular weight is 347 g/mol. The molecule has 1 aliphatic rings. The lowest BCUT2D eigenvalue weighted by Crippen LogP contribution is -2.27. The van der Waals surface area contributed by atoms with Gasteiger partial charge < -0.3 is 15.2 Å². The van der Waals surface area contributed by atoms with Crippen LogP contribution >= 0.6 is 0 Å². The molecule has 2 heterocycles. The molecule has 2 N–H and O–H groups in total. The Bertz CT molecular complexity index is 920. The zero-order valence-electron chi connectivity index (χ0n) is 15.2. The van der Waals surface area contributed by atoms with Crippen LogP contribution in [-0.4, -0.2) is 35.0 Å². The Morgan fingerprint density at radius 3 is 2.50 bits per heavy atom. The van der Waals surface area contributed by atoms with E-state index in [0.717, 1.165) is 48.1 Å². The van der Waals surface area contributed by atoms with E-state index in [0.29, 0.717) is 12.5 Å². The lowest BCUT2D eigenvalue weighted by molar-refractivity contribution is 0.0793. The highest BCUT2D eigenvalue weighted by atomic mass is 16.2. The van der Waals surface area contributed by atoms with Gasteiger partial charge in [-0.25, -0.2) is 0 Å². The summed E-state index contributed by atoms with van der Waals surface area (Å²) in [6.07, 6.45) is 4.29. The maximum Gasteiger partial charge on any atom is 0.253 e. The van der Waals surface area contributed by atoms with Crippen molar-refractivity contribution in [3.63, 3.8) is 0 Å². The number of nitrogens with two attached hydrogens (primary N) is 1. The Labute approximate surface area is 154 Å². The molecule has 0 radical (unpaired) electrons. The van der Waals surface area contributed by atoms with Crippen molar-refractivity contribution in [3.05, 3.63) is 65.9 Å². The van der Waals surface area contributed by atoms with Crippen molar-refractivity contribution in [2.24, 2.45) is 5.73 Å². The van der Waals surface area contributed by atoms with Gasteiger partial charge in [0.15, 0.2) is 0 Å². The van der Waals surface area contributed by atoms with E-state index in [1.807, 2.05) is 17.0 Å². The van der Waals surface area contributed by atoms with E-state index >= 15 is 0 Å². The summed E-state index contributed by atoms with van der Waals surface area (Å²) in [6, 6.07) is 16.6. The summed E-state index contributed by atoms with van der Waals surface area (Å²) in [5.74, 6) is 0.516. The molecule has 26 heavy (non-hydrogen) atoms. The third-order valence-corrected chi connectivity index (χ3v) is 5.42. The third-order valence-electron chi connectivity index (χ3n) is 5.42. The first-order chi connectivity index (χ1) is 12.7. The standard InChI is InChI=1S/C22H25N3O/c1-16(15-23)17-4-7-20(8-5-17)25-13-10-18-14-19(6-9-21(18)25)22(26)24-11-2-3-12-24/h4-10,13-14,16H,2-3,11-12,15,23H2,1H3. The van der Waals surface area contributed by atoms with Gasteiger partial charge in [0.2, 0.25) is 0 Å². The fraction of sp³-hybridized carbons (Fsp3) is 0.318. The van der Waals surface area contributed by atoms with Crippen molar-refractivity contribution in [1.82, 2.24) is 9.47 Å². The van der Waals surface area contributed by atoms with Gasteiger partial charge in [0.05, 0.1) is 5.52 Å². The minimum atomic E-state index is 0.150. The average Bonchev–Trinajstić information content (AvgIpc) is 3.36. The van der Waals surface area contributed by atoms with Gasteiger partial charge in [-0.05, 0) is 67.3 Å². The zero-order valence-corrected chi connectivity index (χ0v) is 15.2. The summed E-state index contributed by atoms with van der Waals surface area (Å²) in [4.78, 5) is 14.6. The molecule has 0 aliphatic carbocycles. The van der Waals surface area contributed by atoms with Gasteiger partial charge in [-0.1, -0.05) is 19.1 Å². The fourth-order valence-electron chi connectivity index (χ4n) is 3.70. The number of hydrogen-bond donors (Lipinski definition) is 1. The molecule has 1 aromatic heterocycles. The molecule has 3 aromatic rings. The topological polar surface area (TPSA) is 51.3 Å². The van der Waals surface area contributed by atoms with Crippen LogP contribution in [0.4, 0.5) is 0 Å². The van der Waals surface area contributed by atoms with Crippen LogP contribution < -0.4 is 5.73 Å². The van der Waals surface area contributed by atoms with Crippen molar-refractivity contribution >= 4 is 16.8 Å². The molecule has 1 saturated heterocycles. The van der Waals surface area contributed by atoms with Crippen LogP contribution in [0.1, 0.15) is 41.6 Å². The predicted octanol–water partition coefficient (Wildman–Crippen LogP) is 3.93. The van der Waals surface area contributed by atoms with Gasteiger partial charge >= 0.3 is 0 Å². The highest BCUT2D eigenvalue weighted by molar-refractivity contribution is 5.98. The number of amides is 1. The molecule has 1 unspecified atom stereocenters. The quantitative estimate of drug-likeness (QED) is 0.777. The summed E-state index contributed by atoms with van der Waals surface area (Å²) in [5, 5.41) is 1.09. The van der Waals surface area contributed by atoms with Crippen LogP contribution in [0.15, 0.2) is 54.7 Å². The minimum absolute atomic E-state index is 0.150. The predicted molar refractivity (Wildman–Crippen MR) is 106 cm³/mol. The van der Waals surface area contributed by atoms with Crippen molar-refractivity contribution in [2.75, 3.05) is 19.6 Å². The van der Waals surface area contributed by atoms with Crippen LogP contribution in [0.3, 0.4) is 0 Å². The molecule has 4 rings (SSSR count). The molecule has 0 spiro atoms. The smallest absolute Gasteiger partial charge is 0.253 e. The van der Waals surface area contributed by atoms with E-state index in [2.05, 4.69) is 54.1 Å². The highest BCUT2D eigenvalue weighted by Gasteiger charge is 2.19. The molecular formula is C22H25N3O. The monoisotopic (exact) mass is 347 g/mol. The van der Waals surface area contributed by atoms with E-state index in [4.69, 9.17) is 5.73 Å². The number of aromatic nitrogens is 1. The summed E-state index contributed by atoms with van der Waals surface area (Å²) in [5.41, 5.74) is 10.0.